The molecular formula is C27H29N3O6S. The molecule has 4 rings (SSSR count). The van der Waals surface area contributed by atoms with Gasteiger partial charge in [0, 0.05) is 18.7 Å². The van der Waals surface area contributed by atoms with Gasteiger partial charge in [0.2, 0.25) is 10.0 Å². The first-order valence-electron chi connectivity index (χ1n) is 11.9. The van der Waals surface area contributed by atoms with Crippen molar-refractivity contribution in [2.45, 2.75) is 24.3 Å². The minimum Gasteiger partial charge on any atom is -0.495 e. The van der Waals surface area contributed by atoms with Crippen molar-refractivity contribution in [3.63, 3.8) is 0 Å². The molecular weight excluding hydrogens is 494 g/mol. The Labute approximate surface area is 216 Å². The SMILES string of the molecule is CCNS(=O)(=O)c1cc(C(=O)N2C[C@@H](C(=O)NCCc3ccccc3)Oc3ccccc32)ccc1OC. The monoisotopic (exact) mass is 523 g/mol. The van der Waals surface area contributed by atoms with Gasteiger partial charge in [0.15, 0.2) is 6.10 Å². The van der Waals surface area contributed by atoms with Crippen molar-refractivity contribution < 1.29 is 27.5 Å². The Morgan fingerprint density at radius 2 is 1.78 bits per heavy atom. The van der Waals surface area contributed by atoms with Crippen LogP contribution >= 0.6 is 0 Å². The molecule has 9 nitrogen and oxygen atoms in total. The average molecular weight is 524 g/mol. The standard InChI is InChI=1S/C27H29N3O6S/c1-3-29-37(33,34)25-17-20(13-14-23(25)35-2)27(32)30-18-24(36-22-12-8-7-11-21(22)30)26(31)28-16-15-19-9-5-4-6-10-19/h4-14,17,24,29H,3,15-16,18H2,1-2H3,(H,28,31)/t24-/m0/s1. The number of carbonyl (C=O) groups is 2. The van der Waals surface area contributed by atoms with Gasteiger partial charge in [-0.2, -0.15) is 0 Å². The van der Waals surface area contributed by atoms with E-state index in [1.807, 2.05) is 30.3 Å². The first-order valence-corrected chi connectivity index (χ1v) is 13.4. The van der Waals surface area contributed by atoms with Gasteiger partial charge in [0.05, 0.1) is 19.3 Å². The lowest BCUT2D eigenvalue weighted by atomic mass is 10.1. The Bertz CT molecular complexity index is 1380. The fourth-order valence-electron chi connectivity index (χ4n) is 4.10. The van der Waals surface area contributed by atoms with Gasteiger partial charge >= 0.3 is 0 Å². The number of methoxy groups -OCH3 is 1. The molecule has 0 fully saturated rings. The maximum atomic E-state index is 13.6. The van der Waals surface area contributed by atoms with Crippen LogP contribution in [0.1, 0.15) is 22.8 Å². The van der Waals surface area contributed by atoms with E-state index in [1.54, 1.807) is 31.2 Å². The smallest absolute Gasteiger partial charge is 0.262 e. The highest BCUT2D eigenvalue weighted by atomic mass is 32.2. The quantitative estimate of drug-likeness (QED) is 0.446. The summed E-state index contributed by atoms with van der Waals surface area (Å²) in [7, 11) is -2.53. The highest BCUT2D eigenvalue weighted by Gasteiger charge is 2.34. The van der Waals surface area contributed by atoms with Gasteiger partial charge in [0.1, 0.15) is 16.4 Å². The first kappa shape index (κ1) is 26.2. The molecule has 1 aliphatic rings. The summed E-state index contributed by atoms with van der Waals surface area (Å²) < 4.78 is 39.0. The molecule has 3 aromatic carbocycles. The van der Waals surface area contributed by atoms with Crippen LogP contribution in [0, 0.1) is 0 Å². The molecule has 37 heavy (non-hydrogen) atoms. The summed E-state index contributed by atoms with van der Waals surface area (Å²) in [5.41, 5.74) is 1.72. The van der Waals surface area contributed by atoms with Crippen LogP contribution in [-0.4, -0.2) is 53.1 Å². The highest BCUT2D eigenvalue weighted by molar-refractivity contribution is 7.89. The van der Waals surface area contributed by atoms with E-state index in [0.29, 0.717) is 24.4 Å². The third kappa shape index (κ3) is 5.92. The number of nitrogens with zero attached hydrogens (tertiary/aromatic N) is 1. The second-order valence-corrected chi connectivity index (χ2v) is 10.1. The predicted octanol–water partition coefficient (Wildman–Crippen LogP) is 2.76. The summed E-state index contributed by atoms with van der Waals surface area (Å²) in [5, 5.41) is 2.88. The van der Waals surface area contributed by atoms with Crippen molar-refractivity contribution >= 4 is 27.5 Å². The second kappa shape index (κ2) is 11.4. The minimum absolute atomic E-state index is 0.0334. The molecule has 10 heteroatoms. The number of nitrogens with one attached hydrogen (secondary N) is 2. The highest BCUT2D eigenvalue weighted by Crippen LogP contribution is 2.35. The number of ether oxygens (including phenoxy) is 2. The van der Waals surface area contributed by atoms with Crippen LogP contribution in [0.3, 0.4) is 0 Å². The van der Waals surface area contributed by atoms with E-state index in [9.17, 15) is 18.0 Å². The third-order valence-electron chi connectivity index (χ3n) is 5.90. The maximum Gasteiger partial charge on any atom is 0.262 e. The number of fused-ring (bicyclic) bond motifs is 1. The molecule has 0 saturated carbocycles. The second-order valence-electron chi connectivity index (χ2n) is 8.38. The van der Waals surface area contributed by atoms with E-state index in [-0.39, 0.29) is 35.2 Å². The molecule has 0 bridgehead atoms. The fraction of sp³-hybridized carbons (Fsp3) is 0.259. The summed E-state index contributed by atoms with van der Waals surface area (Å²) in [5.74, 6) is -0.295. The van der Waals surface area contributed by atoms with Crippen molar-refractivity contribution in [3.05, 3.63) is 83.9 Å². The van der Waals surface area contributed by atoms with Gasteiger partial charge in [-0.15, -0.1) is 0 Å². The molecule has 0 radical (unpaired) electrons. The van der Waals surface area contributed by atoms with Gasteiger partial charge in [-0.3, -0.25) is 9.59 Å². The lowest BCUT2D eigenvalue weighted by Crippen LogP contribution is -2.51. The number of amides is 2. The largest absolute Gasteiger partial charge is 0.495 e. The van der Waals surface area contributed by atoms with Gasteiger partial charge in [-0.25, -0.2) is 13.1 Å². The van der Waals surface area contributed by atoms with Crippen LogP contribution in [0.25, 0.3) is 0 Å². The molecule has 0 aromatic heterocycles. The van der Waals surface area contributed by atoms with Gasteiger partial charge in [-0.1, -0.05) is 49.4 Å². The first-order chi connectivity index (χ1) is 17.8. The third-order valence-corrected chi connectivity index (χ3v) is 7.47. The molecule has 2 N–H and O–H groups in total. The molecule has 1 aliphatic heterocycles. The fourth-order valence-corrected chi connectivity index (χ4v) is 5.33. The average Bonchev–Trinajstić information content (AvgIpc) is 2.92. The van der Waals surface area contributed by atoms with Crippen LogP contribution in [0.15, 0.2) is 77.7 Å². The van der Waals surface area contributed by atoms with Crippen LogP contribution in [0.5, 0.6) is 11.5 Å². The van der Waals surface area contributed by atoms with Crippen molar-refractivity contribution in [1.29, 1.82) is 0 Å². The Hall–Kier alpha value is -3.89. The summed E-state index contributed by atoms with van der Waals surface area (Å²) in [6.07, 6.45) is -0.272. The molecule has 0 saturated heterocycles. The van der Waals surface area contributed by atoms with E-state index in [2.05, 4.69) is 10.0 Å². The van der Waals surface area contributed by atoms with Crippen LogP contribution in [0.4, 0.5) is 5.69 Å². The summed E-state index contributed by atoms with van der Waals surface area (Å²) in [6.45, 7) is 2.23. The van der Waals surface area contributed by atoms with Gasteiger partial charge in [-0.05, 0) is 42.3 Å². The number of hydrogen-bond donors (Lipinski definition) is 2. The van der Waals surface area contributed by atoms with Crippen LogP contribution in [-0.2, 0) is 21.2 Å². The molecule has 1 atom stereocenters. The number of carbonyl (C=O) groups excluding carboxylic acids is 2. The van der Waals surface area contributed by atoms with E-state index >= 15 is 0 Å². The number of sulfonamides is 1. The lowest BCUT2D eigenvalue weighted by molar-refractivity contribution is -0.127. The zero-order chi connectivity index (χ0) is 26.4. The molecule has 2 amide bonds. The van der Waals surface area contributed by atoms with Crippen LogP contribution < -0.4 is 24.4 Å². The molecule has 0 spiro atoms. The molecule has 3 aromatic rings. The lowest BCUT2D eigenvalue weighted by Gasteiger charge is -2.34. The van der Waals surface area contributed by atoms with Crippen LogP contribution in [0.2, 0.25) is 0 Å². The maximum absolute atomic E-state index is 13.6. The van der Waals surface area contributed by atoms with E-state index < -0.39 is 22.0 Å². The van der Waals surface area contributed by atoms with Gasteiger partial charge in [0.25, 0.3) is 11.8 Å². The topological polar surface area (TPSA) is 114 Å². The van der Waals surface area contributed by atoms with Crippen molar-refractivity contribution in [2.24, 2.45) is 0 Å². The predicted molar refractivity (Wildman–Crippen MR) is 140 cm³/mol. The zero-order valence-corrected chi connectivity index (χ0v) is 21.5. The summed E-state index contributed by atoms with van der Waals surface area (Å²) >= 11 is 0. The van der Waals surface area contributed by atoms with E-state index in [0.717, 1.165) is 5.56 Å². The Kier molecular flexibility index (Phi) is 8.10. The number of para-hydroxylation sites is 2. The van der Waals surface area contributed by atoms with Crippen molar-refractivity contribution in [1.82, 2.24) is 10.0 Å². The van der Waals surface area contributed by atoms with E-state index in [4.69, 9.17) is 9.47 Å². The summed E-state index contributed by atoms with van der Waals surface area (Å²) in [4.78, 5) is 27.9. The number of rotatable bonds is 9. The molecule has 1 heterocycles. The van der Waals surface area contributed by atoms with Gasteiger partial charge < -0.3 is 19.7 Å². The van der Waals surface area contributed by atoms with E-state index in [1.165, 1.54) is 30.2 Å². The Morgan fingerprint density at radius 1 is 1.05 bits per heavy atom. The Morgan fingerprint density at radius 3 is 2.51 bits per heavy atom. The number of anilines is 1. The van der Waals surface area contributed by atoms with Crippen molar-refractivity contribution in [3.8, 4) is 11.5 Å². The van der Waals surface area contributed by atoms with Crippen molar-refractivity contribution in [2.75, 3.05) is 31.6 Å². The number of hydrogen-bond acceptors (Lipinski definition) is 6. The Balaban J connectivity index is 1.57. The molecule has 194 valence electrons. The minimum atomic E-state index is -3.89. The normalized spacial score (nSPS) is 14.9. The number of benzene rings is 3. The molecule has 0 unspecified atom stereocenters. The summed E-state index contributed by atoms with van der Waals surface area (Å²) in [6, 6.07) is 20.9. The molecule has 0 aliphatic carbocycles. The zero-order valence-electron chi connectivity index (χ0n) is 20.6.